The number of rotatable bonds is 6. The number of nitrogens with one attached hydrogen (secondary N) is 1. The van der Waals surface area contributed by atoms with E-state index < -0.39 is 0 Å². The largest absolute Gasteiger partial charge is 0.446 e. The zero-order valence-corrected chi connectivity index (χ0v) is 13.6. The van der Waals surface area contributed by atoms with Gasteiger partial charge in [0.2, 0.25) is 0 Å². The average molecular weight is 286 g/mol. The lowest BCUT2D eigenvalue weighted by atomic mass is 10.1. The average Bonchev–Trinajstić information content (AvgIpc) is 2.85. The van der Waals surface area contributed by atoms with Gasteiger partial charge in [-0.2, -0.15) is 0 Å². The molecule has 0 fully saturated rings. The molecule has 1 aromatic carbocycles. The van der Waals surface area contributed by atoms with Crippen molar-refractivity contribution in [2.24, 2.45) is 0 Å². The van der Waals surface area contributed by atoms with E-state index in [1.165, 1.54) is 11.1 Å². The summed E-state index contributed by atoms with van der Waals surface area (Å²) in [6.45, 7) is 9.49. The van der Waals surface area contributed by atoms with E-state index in [9.17, 15) is 0 Å². The molecule has 1 aromatic heterocycles. The maximum atomic E-state index is 5.79. The molecule has 114 valence electrons. The highest BCUT2D eigenvalue weighted by Crippen LogP contribution is 2.10. The number of nitrogens with zero attached hydrogens (tertiary/aromatic N) is 1. The van der Waals surface area contributed by atoms with E-state index in [1.54, 1.807) is 0 Å². The molecule has 0 saturated heterocycles. The quantitative estimate of drug-likeness (QED) is 0.880. The van der Waals surface area contributed by atoms with Crippen molar-refractivity contribution < 1.29 is 4.42 Å². The fraction of sp³-hybridized carbons (Fsp3) is 0.500. The Morgan fingerprint density at radius 1 is 1.05 bits per heavy atom. The second-order valence-corrected chi connectivity index (χ2v) is 6.63. The first-order valence-corrected chi connectivity index (χ1v) is 7.66. The van der Waals surface area contributed by atoms with Crippen molar-refractivity contribution in [2.45, 2.75) is 52.5 Å². The van der Waals surface area contributed by atoms with Crippen LogP contribution in [0.1, 0.15) is 43.5 Å². The molecule has 2 aromatic rings. The molecule has 0 aliphatic rings. The fourth-order valence-corrected chi connectivity index (χ4v) is 2.15. The van der Waals surface area contributed by atoms with Gasteiger partial charge in [-0.25, -0.2) is 4.98 Å². The van der Waals surface area contributed by atoms with E-state index in [-0.39, 0.29) is 5.54 Å². The van der Waals surface area contributed by atoms with Gasteiger partial charge in [-0.05, 0) is 39.7 Å². The van der Waals surface area contributed by atoms with Crippen LogP contribution in [0.25, 0.3) is 0 Å². The van der Waals surface area contributed by atoms with Crippen molar-refractivity contribution >= 4 is 0 Å². The number of oxazole rings is 1. The standard InChI is InChI=1S/C18H26N2O/c1-14-5-7-15(8-6-14)9-10-16-13-19-17(21-16)11-12-20-18(2,3)4/h5-8,13,20H,9-12H2,1-4H3. The Hall–Kier alpha value is -1.61. The summed E-state index contributed by atoms with van der Waals surface area (Å²) in [5.74, 6) is 1.80. The van der Waals surface area contributed by atoms with Gasteiger partial charge in [0, 0.05) is 24.9 Å². The monoisotopic (exact) mass is 286 g/mol. The Kier molecular flexibility index (Phi) is 5.18. The molecule has 3 nitrogen and oxygen atoms in total. The number of hydrogen-bond donors (Lipinski definition) is 1. The molecule has 2 rings (SSSR count). The van der Waals surface area contributed by atoms with Gasteiger partial charge >= 0.3 is 0 Å². The number of hydrogen-bond acceptors (Lipinski definition) is 3. The minimum atomic E-state index is 0.140. The van der Waals surface area contributed by atoms with Gasteiger partial charge in [-0.15, -0.1) is 0 Å². The topological polar surface area (TPSA) is 38.1 Å². The van der Waals surface area contributed by atoms with E-state index >= 15 is 0 Å². The molecule has 1 N–H and O–H groups in total. The molecule has 0 atom stereocenters. The van der Waals surface area contributed by atoms with Crippen LogP contribution in [0, 0.1) is 6.92 Å². The summed E-state index contributed by atoms with van der Waals surface area (Å²) in [4.78, 5) is 4.36. The second kappa shape index (κ2) is 6.90. The van der Waals surface area contributed by atoms with E-state index in [0.29, 0.717) is 0 Å². The van der Waals surface area contributed by atoms with Crippen LogP contribution < -0.4 is 5.32 Å². The predicted molar refractivity (Wildman–Crippen MR) is 86.5 cm³/mol. The highest BCUT2D eigenvalue weighted by Gasteiger charge is 2.09. The van der Waals surface area contributed by atoms with Crippen LogP contribution in [0.15, 0.2) is 34.9 Å². The third-order valence-corrected chi connectivity index (χ3v) is 3.38. The highest BCUT2D eigenvalue weighted by molar-refractivity contribution is 5.21. The van der Waals surface area contributed by atoms with E-state index in [4.69, 9.17) is 4.42 Å². The van der Waals surface area contributed by atoms with Crippen LogP contribution in [-0.4, -0.2) is 17.1 Å². The number of aromatic nitrogens is 1. The van der Waals surface area contributed by atoms with Crippen molar-refractivity contribution in [3.63, 3.8) is 0 Å². The van der Waals surface area contributed by atoms with E-state index in [1.807, 2.05) is 6.20 Å². The van der Waals surface area contributed by atoms with Crippen molar-refractivity contribution in [1.29, 1.82) is 0 Å². The minimum Gasteiger partial charge on any atom is -0.446 e. The summed E-state index contributed by atoms with van der Waals surface area (Å²) < 4.78 is 5.79. The predicted octanol–water partition coefficient (Wildman–Crippen LogP) is 3.70. The van der Waals surface area contributed by atoms with Gasteiger partial charge in [-0.3, -0.25) is 0 Å². The molecule has 0 radical (unpaired) electrons. The van der Waals surface area contributed by atoms with Crippen LogP contribution in [0.4, 0.5) is 0 Å². The summed E-state index contributed by atoms with van der Waals surface area (Å²) >= 11 is 0. The Morgan fingerprint density at radius 2 is 1.76 bits per heavy atom. The summed E-state index contributed by atoms with van der Waals surface area (Å²) in [6.07, 6.45) is 4.60. The van der Waals surface area contributed by atoms with Crippen LogP contribution in [0.5, 0.6) is 0 Å². The maximum Gasteiger partial charge on any atom is 0.195 e. The summed E-state index contributed by atoms with van der Waals surface area (Å²) in [5, 5.41) is 3.44. The molecule has 3 heteroatoms. The van der Waals surface area contributed by atoms with Gasteiger partial charge in [-0.1, -0.05) is 29.8 Å². The zero-order valence-electron chi connectivity index (χ0n) is 13.6. The Bertz CT molecular complexity index is 549. The first-order valence-electron chi connectivity index (χ1n) is 7.66. The molecule has 1 heterocycles. The summed E-state index contributed by atoms with van der Waals surface area (Å²) in [5.41, 5.74) is 2.78. The molecule has 0 saturated carbocycles. The lowest BCUT2D eigenvalue weighted by Crippen LogP contribution is -2.37. The molecule has 0 spiro atoms. The first kappa shape index (κ1) is 15.8. The van der Waals surface area contributed by atoms with E-state index in [2.05, 4.69) is 62.3 Å². The van der Waals surface area contributed by atoms with Crippen LogP contribution in [0.3, 0.4) is 0 Å². The molecular weight excluding hydrogens is 260 g/mol. The Labute approximate surface area is 127 Å². The van der Waals surface area contributed by atoms with Crippen molar-refractivity contribution in [3.8, 4) is 0 Å². The second-order valence-electron chi connectivity index (χ2n) is 6.63. The van der Waals surface area contributed by atoms with Gasteiger partial charge < -0.3 is 9.73 Å². The highest BCUT2D eigenvalue weighted by atomic mass is 16.4. The van der Waals surface area contributed by atoms with Crippen LogP contribution in [0.2, 0.25) is 0 Å². The molecule has 0 aliphatic heterocycles. The smallest absolute Gasteiger partial charge is 0.195 e. The molecule has 21 heavy (non-hydrogen) atoms. The zero-order chi connectivity index (χ0) is 15.3. The summed E-state index contributed by atoms with van der Waals surface area (Å²) in [7, 11) is 0. The van der Waals surface area contributed by atoms with Crippen LogP contribution >= 0.6 is 0 Å². The van der Waals surface area contributed by atoms with Crippen molar-refractivity contribution in [2.75, 3.05) is 6.54 Å². The summed E-state index contributed by atoms with van der Waals surface area (Å²) in [6, 6.07) is 8.67. The van der Waals surface area contributed by atoms with Gasteiger partial charge in [0.25, 0.3) is 0 Å². The molecule has 0 bridgehead atoms. The maximum absolute atomic E-state index is 5.79. The fourth-order valence-electron chi connectivity index (χ4n) is 2.15. The third kappa shape index (κ3) is 5.72. The van der Waals surface area contributed by atoms with E-state index in [0.717, 1.165) is 37.5 Å². The molecule has 0 unspecified atom stereocenters. The SMILES string of the molecule is Cc1ccc(CCc2cnc(CCNC(C)(C)C)o2)cc1. The molecular formula is C18H26N2O. The minimum absolute atomic E-state index is 0.140. The van der Waals surface area contributed by atoms with Gasteiger partial charge in [0.15, 0.2) is 5.89 Å². The molecule has 0 aliphatic carbocycles. The normalized spacial score (nSPS) is 11.8. The van der Waals surface area contributed by atoms with Crippen LogP contribution in [-0.2, 0) is 19.3 Å². The Balaban J connectivity index is 1.79. The van der Waals surface area contributed by atoms with Crippen molar-refractivity contribution in [1.82, 2.24) is 10.3 Å². The third-order valence-electron chi connectivity index (χ3n) is 3.38. The molecule has 0 amide bonds. The van der Waals surface area contributed by atoms with Gasteiger partial charge in [0.05, 0.1) is 6.20 Å². The first-order chi connectivity index (χ1) is 9.92. The number of benzene rings is 1. The number of aryl methyl sites for hydroxylation is 3. The lowest BCUT2D eigenvalue weighted by molar-refractivity contribution is 0.402. The Morgan fingerprint density at radius 3 is 2.43 bits per heavy atom. The lowest BCUT2D eigenvalue weighted by Gasteiger charge is -2.19. The van der Waals surface area contributed by atoms with Gasteiger partial charge in [0.1, 0.15) is 5.76 Å². The van der Waals surface area contributed by atoms with Crippen molar-refractivity contribution in [3.05, 3.63) is 53.2 Å².